The molecule has 1 aliphatic rings. The smallest absolute Gasteiger partial charge is 0.341 e. The third kappa shape index (κ3) is 36.9. The van der Waals surface area contributed by atoms with Crippen LogP contribution in [0.4, 0.5) is 0 Å². The predicted molar refractivity (Wildman–Crippen MR) is 511 cm³/mol. The summed E-state index contributed by atoms with van der Waals surface area (Å²) in [6.07, 6.45) is -4.38. The van der Waals surface area contributed by atoms with Crippen LogP contribution >= 0.6 is 11.8 Å². The van der Waals surface area contributed by atoms with Crippen LogP contribution in [0.1, 0.15) is 138 Å². The first-order valence-corrected chi connectivity index (χ1v) is 46.7. The number of thioether (sulfide) groups is 1. The van der Waals surface area contributed by atoms with Crippen LogP contribution in [0.2, 0.25) is 0 Å². The molecule has 45 nitrogen and oxygen atoms in total. The summed E-state index contributed by atoms with van der Waals surface area (Å²) in [7, 11) is 1.25. The molecular weight excluding hydrogens is 1830 g/mol. The van der Waals surface area contributed by atoms with E-state index < -0.39 is 271 Å². The number of carbonyl (C=O) groups excluding carboxylic acids is 17. The zero-order valence-electron chi connectivity index (χ0n) is 79.7. The van der Waals surface area contributed by atoms with Gasteiger partial charge in [0.2, 0.25) is 100 Å². The van der Waals surface area contributed by atoms with Crippen molar-refractivity contribution in [3.05, 3.63) is 126 Å². The molecule has 5 aromatic rings. The molecule has 28 N–H and O–H groups in total. The number of hydrogen-bond acceptors (Lipinski definition) is 24. The summed E-state index contributed by atoms with van der Waals surface area (Å²) < 4.78 is 5.28. The number of carboxylic acids is 2. The Hall–Kier alpha value is -14.3. The molecule has 1 fully saturated rings. The Morgan fingerprint density at radius 1 is 0.496 bits per heavy atom. The topological polar surface area (TPSA) is 722 Å². The minimum Gasteiger partial charge on any atom is -0.482 e. The Morgan fingerprint density at radius 3 is 1.47 bits per heavy atom. The van der Waals surface area contributed by atoms with Crippen molar-refractivity contribution in [3.63, 3.8) is 0 Å². The summed E-state index contributed by atoms with van der Waals surface area (Å²) in [5, 5.41) is 77.6. The minimum absolute atomic E-state index is 0.0160. The van der Waals surface area contributed by atoms with Gasteiger partial charge < -0.3 is 133 Å². The lowest BCUT2D eigenvalue weighted by Gasteiger charge is -2.32. The number of para-hydroxylation sites is 1. The molecule has 1 aromatic heterocycles. The number of H-pyrrole nitrogens is 1. The number of nitrogens with zero attached hydrogens (tertiary/aromatic N) is 1. The molecule has 0 bridgehead atoms. The molecular formula is C93H132N22O23S. The minimum atomic E-state index is -2.17. The van der Waals surface area contributed by atoms with Gasteiger partial charge in [0.05, 0.1) is 24.7 Å². The number of fused-ring (bicyclic) bond motifs is 1. The van der Waals surface area contributed by atoms with Gasteiger partial charge in [-0.05, 0) is 129 Å². The second kappa shape index (κ2) is 55.2. The van der Waals surface area contributed by atoms with Crippen LogP contribution in [0.25, 0.3) is 22.0 Å². The van der Waals surface area contributed by atoms with Gasteiger partial charge in [-0.1, -0.05) is 140 Å². The number of aliphatic hydroxyl groups is 1. The number of aromatic amines is 1. The molecule has 758 valence electrons. The number of aromatic nitrogens is 1. The van der Waals surface area contributed by atoms with E-state index in [-0.39, 0.29) is 74.8 Å². The number of carboxylic acid groups (broad SMARTS) is 2. The van der Waals surface area contributed by atoms with E-state index in [4.69, 9.17) is 33.1 Å². The summed E-state index contributed by atoms with van der Waals surface area (Å²) in [5.74, 6) is -25.6. The lowest BCUT2D eigenvalue weighted by atomic mass is 9.98. The molecule has 2 heterocycles. The van der Waals surface area contributed by atoms with E-state index in [1.165, 1.54) is 65.2 Å². The van der Waals surface area contributed by atoms with Gasteiger partial charge in [-0.2, -0.15) is 0 Å². The van der Waals surface area contributed by atoms with Crippen LogP contribution < -0.4 is 107 Å². The number of aliphatic hydroxyl groups excluding tert-OH is 1. The second-order valence-corrected chi connectivity index (χ2v) is 36.6. The fourth-order valence-corrected chi connectivity index (χ4v) is 15.6. The van der Waals surface area contributed by atoms with Crippen LogP contribution in [0.3, 0.4) is 0 Å². The number of amides is 17. The zero-order chi connectivity index (χ0) is 103. The molecule has 16 atom stereocenters. The lowest BCUT2D eigenvalue weighted by Crippen LogP contribution is -2.63. The highest BCUT2D eigenvalue weighted by Gasteiger charge is 2.42. The van der Waals surface area contributed by atoms with Crippen LogP contribution in [0.15, 0.2) is 109 Å². The van der Waals surface area contributed by atoms with E-state index >= 15 is 28.8 Å². The fourth-order valence-electron chi connectivity index (χ4n) is 14.7. The monoisotopic (exact) mass is 1960 g/mol. The number of benzene rings is 4. The number of nitrogens with one attached hydrogen (secondary N) is 17. The largest absolute Gasteiger partial charge is 0.482 e. The van der Waals surface area contributed by atoms with Crippen molar-refractivity contribution < 1.29 is 111 Å². The van der Waals surface area contributed by atoms with Crippen LogP contribution in [0, 0.1) is 29.1 Å². The van der Waals surface area contributed by atoms with Crippen molar-refractivity contribution in [2.24, 2.45) is 46.6 Å². The number of likely N-dealkylation sites (N-methyl/N-ethyl adjacent to an activating group) is 1. The maximum absolute atomic E-state index is 15.5. The van der Waals surface area contributed by atoms with Crippen molar-refractivity contribution >= 4 is 141 Å². The molecule has 139 heavy (non-hydrogen) atoms. The van der Waals surface area contributed by atoms with Gasteiger partial charge in [-0.15, -0.1) is 11.8 Å². The molecule has 46 heteroatoms. The number of ether oxygens (including phenoxy) is 1. The summed E-state index contributed by atoms with van der Waals surface area (Å²) in [6, 6.07) is 2.97. The molecule has 0 aliphatic carbocycles. The number of rotatable bonds is 30. The molecule has 1 saturated heterocycles. The number of carbonyl (C=O) groups is 19. The SMILES string of the molecule is CC(C)C[C@@H]1NC(=O)[C@H](CCN)NC(=O)[C@@H](CC(C)C)NC(=O)[C@H](C)N(C)C(=O)[C@H](CCCNC(=N)N)NC(=O)[C@H](Cc2ccc(-c3ccccc3)cc2)NC(=O)[C@H](C(C)C)NC(=O)[C@H](Cc2c[nH]c3ccccc23)NC(=O)[C@H](CC(=O)O)NC(=O)[C@H](Cc2ccc(OCC(=O)O)cc2)NC(=O)[C@H](CC(N)=O)NC(=O)CSC[C@@H](C(=O)N[C@@H](C)C(N)=O)NC(=O)[C@H]([C@@H](C)O)NC(=O)[C@H](C(C)C)NC1=O. The molecule has 0 spiro atoms. The zero-order valence-corrected chi connectivity index (χ0v) is 80.5. The van der Waals surface area contributed by atoms with Gasteiger partial charge in [0, 0.05) is 55.7 Å². The highest BCUT2D eigenvalue weighted by molar-refractivity contribution is 8.00. The van der Waals surface area contributed by atoms with Crippen molar-refractivity contribution in [1.29, 1.82) is 5.41 Å². The van der Waals surface area contributed by atoms with Crippen molar-refractivity contribution in [2.45, 2.75) is 237 Å². The number of aliphatic carboxylic acids is 2. The first-order valence-electron chi connectivity index (χ1n) is 45.5. The highest BCUT2D eigenvalue weighted by Crippen LogP contribution is 2.24. The first kappa shape index (κ1) is 113. The molecule has 0 saturated carbocycles. The van der Waals surface area contributed by atoms with Gasteiger partial charge in [-0.25, -0.2) is 4.79 Å². The maximum atomic E-state index is 15.5. The predicted octanol–water partition coefficient (Wildman–Crippen LogP) is -3.04. The van der Waals surface area contributed by atoms with Crippen LogP contribution in [-0.2, 0) is 110 Å². The van der Waals surface area contributed by atoms with Gasteiger partial charge in [-0.3, -0.25) is 91.7 Å². The molecule has 1 aliphatic heterocycles. The summed E-state index contributed by atoms with van der Waals surface area (Å²) in [5.41, 5.74) is 26.0. The molecule has 4 aromatic carbocycles. The van der Waals surface area contributed by atoms with E-state index in [0.717, 1.165) is 23.0 Å². The molecule has 0 radical (unpaired) electrons. The number of guanidine groups is 1. The second-order valence-electron chi connectivity index (χ2n) is 35.6. The standard InChI is InChI=1S/C93H132N22O23S/c1-46(2)35-63-81(126)103-61(32-33-94)80(125)106-64(36-47(3)4)86(131)113-76(49(7)8)90(135)114-77(52(11)116)91(136)111-70(88(133)101-50(9)78(96)123)44-139-45-72(118)102-68(40-71(95)117)84(129)107-65(38-54-26-30-58(31-27-54)138-43-74(121)122)83(128)109-69(41-73(119)120)85(130)108-67(39-57-42-100-60-22-17-16-21-59(57)60)87(132)112-75(48(5)6)89(134)110-66(37-53-24-28-56(29-25-53)55-19-14-13-15-20-55)82(127)104-62(23-18-34-99-93(97)98)92(137)115(12)51(10)79(124)105-63/h13-17,19-22,24-31,42,46-52,61-70,75-77,100,116H,18,23,32-41,43-45,94H2,1-12H3,(H2,95,117)(H2,96,123)(H,101,133)(H,102,118)(H,103,126)(H,104,127)(H,105,124)(H,106,125)(H,107,129)(H,108,130)(H,109,128)(H,110,134)(H,111,136)(H,112,132)(H,113,131)(H,114,135)(H,119,120)(H,121,122)(H4,97,98,99)/t50-,51-,52+,61-,62-,63+,64-,65-,66-,67-,68-,69-,70-,75-,76-,77-/m0/s1. The molecule has 6 rings (SSSR count). The number of hydrogen-bond donors (Lipinski definition) is 24. The van der Waals surface area contributed by atoms with E-state index in [9.17, 15) is 77.6 Å². The van der Waals surface area contributed by atoms with Crippen LogP contribution in [-0.4, -0.2) is 279 Å². The summed E-state index contributed by atoms with van der Waals surface area (Å²) in [4.78, 5) is 276. The quantitative estimate of drug-likeness (QED) is 0.0123. The van der Waals surface area contributed by atoms with E-state index in [1.807, 2.05) is 30.3 Å². The first-order chi connectivity index (χ1) is 65.5. The van der Waals surface area contributed by atoms with Gasteiger partial charge >= 0.3 is 11.9 Å². The number of primary amides is 2. The van der Waals surface area contributed by atoms with Gasteiger partial charge in [0.15, 0.2) is 12.6 Å². The Bertz CT molecular complexity index is 5160. The van der Waals surface area contributed by atoms with E-state index in [1.54, 1.807) is 90.1 Å². The van der Waals surface area contributed by atoms with Crippen molar-refractivity contribution in [2.75, 3.05) is 38.2 Å². The summed E-state index contributed by atoms with van der Waals surface area (Å²) in [6.45, 7) is 15.6. The van der Waals surface area contributed by atoms with Gasteiger partial charge in [0.1, 0.15) is 96.4 Å². The van der Waals surface area contributed by atoms with Gasteiger partial charge in [0.25, 0.3) is 0 Å². The third-order valence-electron chi connectivity index (χ3n) is 22.5. The Morgan fingerprint density at radius 2 is 0.942 bits per heavy atom. The molecule has 0 unspecified atom stereocenters. The average molecular weight is 1960 g/mol. The Balaban J connectivity index is 1.51. The number of nitrogens with two attached hydrogens (primary N) is 4. The summed E-state index contributed by atoms with van der Waals surface area (Å²) >= 11 is 0.593. The third-order valence-corrected chi connectivity index (χ3v) is 23.5. The van der Waals surface area contributed by atoms with E-state index in [2.05, 4.69) is 84.7 Å². The van der Waals surface area contributed by atoms with E-state index in [0.29, 0.717) is 33.8 Å². The Labute approximate surface area is 808 Å². The highest BCUT2D eigenvalue weighted by atomic mass is 32.2. The maximum Gasteiger partial charge on any atom is 0.341 e. The Kier molecular flexibility index (Phi) is 45.0. The fraction of sp³-hybridized carbons (Fsp3) is 0.505. The lowest BCUT2D eigenvalue weighted by molar-refractivity contribution is -0.143. The van der Waals surface area contributed by atoms with Crippen molar-refractivity contribution in [1.82, 2.24) is 89.6 Å². The van der Waals surface area contributed by atoms with Crippen LogP contribution in [0.5, 0.6) is 5.75 Å². The molecule has 17 amide bonds. The average Bonchev–Trinajstić information content (AvgIpc) is 1.68. The van der Waals surface area contributed by atoms with Crippen molar-refractivity contribution in [3.8, 4) is 16.9 Å². The normalized spacial score (nSPS) is 23.2.